The molecule has 0 spiro atoms. The maximum Gasteiger partial charge on any atom is 0.336 e. The van der Waals surface area contributed by atoms with Gasteiger partial charge in [0.25, 0.3) is 0 Å². The summed E-state index contributed by atoms with van der Waals surface area (Å²) in [5.74, 6) is -1.34. The number of hydrogen-bond donors (Lipinski definition) is 1. The van der Waals surface area contributed by atoms with Crippen molar-refractivity contribution in [1.82, 2.24) is 4.90 Å². The molecule has 0 fully saturated rings. The van der Waals surface area contributed by atoms with Crippen molar-refractivity contribution in [2.24, 2.45) is 0 Å². The molecule has 2 aromatic carbocycles. The Morgan fingerprint density at radius 3 is 2.63 bits per heavy atom. The number of benzene rings is 2. The van der Waals surface area contributed by atoms with E-state index in [-0.39, 0.29) is 24.8 Å². The molecule has 0 saturated heterocycles. The fraction of sp³-hybridized carbons (Fsp3) is 0.208. The maximum absolute atomic E-state index is 13.6. The standard InChI is InChI=1S/C24H20N2O4/c1-3-30-24(29)18-13(2)26-12-17(27)25-16-11-7-10-15-20(16)22(26)21(23(15)28)19(18)14-8-5-4-6-9-14/h4-11,19H,3,12H2,1-2H3,(H,25,27). The minimum Gasteiger partial charge on any atom is -0.463 e. The molecule has 0 radical (unpaired) electrons. The van der Waals surface area contributed by atoms with Crippen LogP contribution >= 0.6 is 0 Å². The average molecular weight is 400 g/mol. The highest BCUT2D eigenvalue weighted by atomic mass is 16.5. The van der Waals surface area contributed by atoms with Crippen molar-refractivity contribution in [2.75, 3.05) is 18.5 Å². The second-order valence-corrected chi connectivity index (χ2v) is 7.52. The van der Waals surface area contributed by atoms with E-state index >= 15 is 0 Å². The lowest BCUT2D eigenvalue weighted by molar-refractivity contribution is -0.139. The largest absolute Gasteiger partial charge is 0.463 e. The summed E-state index contributed by atoms with van der Waals surface area (Å²) < 4.78 is 5.37. The van der Waals surface area contributed by atoms with Gasteiger partial charge in [-0.25, -0.2) is 4.79 Å². The van der Waals surface area contributed by atoms with Crippen molar-refractivity contribution in [1.29, 1.82) is 0 Å². The van der Waals surface area contributed by atoms with E-state index in [1.807, 2.05) is 37.3 Å². The van der Waals surface area contributed by atoms with Crippen molar-refractivity contribution >= 4 is 29.0 Å². The number of ether oxygens (including phenoxy) is 1. The Morgan fingerprint density at radius 1 is 1.13 bits per heavy atom. The molecule has 1 aliphatic carbocycles. The summed E-state index contributed by atoms with van der Waals surface area (Å²) in [5.41, 5.74) is 5.01. The highest BCUT2D eigenvalue weighted by Crippen LogP contribution is 2.52. The van der Waals surface area contributed by atoms with Crippen LogP contribution < -0.4 is 5.32 Å². The minimum atomic E-state index is -0.558. The maximum atomic E-state index is 13.6. The summed E-state index contributed by atoms with van der Waals surface area (Å²) in [5, 5.41) is 2.91. The number of carbonyl (C=O) groups is 3. The van der Waals surface area contributed by atoms with E-state index in [1.165, 1.54) is 0 Å². The number of Topliss-reactive ketones (excluding diaryl/α,β-unsaturated/α-hetero) is 1. The molecule has 1 unspecified atom stereocenters. The van der Waals surface area contributed by atoms with E-state index < -0.39 is 11.9 Å². The summed E-state index contributed by atoms with van der Waals surface area (Å²) in [6.07, 6.45) is 0. The molecular formula is C24H20N2O4. The van der Waals surface area contributed by atoms with Crippen molar-refractivity contribution in [2.45, 2.75) is 19.8 Å². The number of carbonyl (C=O) groups excluding carboxylic acids is 3. The number of ketones is 1. The van der Waals surface area contributed by atoms with Gasteiger partial charge < -0.3 is 15.0 Å². The van der Waals surface area contributed by atoms with E-state index in [2.05, 4.69) is 5.32 Å². The van der Waals surface area contributed by atoms with E-state index in [0.717, 1.165) is 11.1 Å². The van der Waals surface area contributed by atoms with E-state index in [1.54, 1.807) is 30.0 Å². The van der Waals surface area contributed by atoms with E-state index in [0.29, 0.717) is 33.8 Å². The smallest absolute Gasteiger partial charge is 0.336 e. The van der Waals surface area contributed by atoms with Crippen molar-refractivity contribution in [3.8, 4) is 0 Å². The third kappa shape index (κ3) is 2.46. The number of anilines is 1. The van der Waals surface area contributed by atoms with Crippen LogP contribution in [-0.2, 0) is 14.3 Å². The van der Waals surface area contributed by atoms with Gasteiger partial charge in [-0.2, -0.15) is 0 Å². The molecule has 6 heteroatoms. The molecule has 3 aliphatic rings. The molecule has 5 rings (SSSR count). The Bertz CT molecular complexity index is 1180. The summed E-state index contributed by atoms with van der Waals surface area (Å²) in [6, 6.07) is 14.9. The molecule has 1 amide bonds. The van der Waals surface area contributed by atoms with Crippen LogP contribution in [0.15, 0.2) is 65.4 Å². The van der Waals surface area contributed by atoms with Gasteiger partial charge in [-0.15, -0.1) is 0 Å². The molecular weight excluding hydrogens is 380 g/mol. The minimum absolute atomic E-state index is 0.0243. The first-order valence-electron chi connectivity index (χ1n) is 9.95. The van der Waals surface area contributed by atoms with Crippen LogP contribution in [-0.4, -0.2) is 35.7 Å². The monoisotopic (exact) mass is 400 g/mol. The Kier molecular flexibility index (Phi) is 4.10. The van der Waals surface area contributed by atoms with Gasteiger partial charge in [0.15, 0.2) is 5.78 Å². The van der Waals surface area contributed by atoms with Crippen molar-refractivity contribution in [3.05, 3.63) is 82.1 Å². The van der Waals surface area contributed by atoms with Gasteiger partial charge in [-0.1, -0.05) is 42.5 Å². The lowest BCUT2D eigenvalue weighted by atomic mass is 9.79. The van der Waals surface area contributed by atoms with Crippen LogP contribution in [0, 0.1) is 0 Å². The number of amides is 1. The third-order valence-electron chi connectivity index (χ3n) is 5.89. The van der Waals surface area contributed by atoms with Gasteiger partial charge in [0.2, 0.25) is 5.91 Å². The normalized spacial score (nSPS) is 19.5. The van der Waals surface area contributed by atoms with Crippen molar-refractivity contribution in [3.63, 3.8) is 0 Å². The number of allylic oxidation sites excluding steroid dienone is 2. The predicted molar refractivity (Wildman–Crippen MR) is 112 cm³/mol. The Labute approximate surface area is 173 Å². The van der Waals surface area contributed by atoms with Gasteiger partial charge >= 0.3 is 5.97 Å². The van der Waals surface area contributed by atoms with Crippen LogP contribution in [0.1, 0.15) is 41.3 Å². The molecule has 1 N–H and O–H groups in total. The zero-order valence-electron chi connectivity index (χ0n) is 16.7. The van der Waals surface area contributed by atoms with Gasteiger partial charge in [0, 0.05) is 28.3 Å². The lowest BCUT2D eigenvalue weighted by Crippen LogP contribution is -2.35. The van der Waals surface area contributed by atoms with E-state index in [4.69, 9.17) is 4.74 Å². The van der Waals surface area contributed by atoms with Crippen LogP contribution in [0.3, 0.4) is 0 Å². The fourth-order valence-corrected chi connectivity index (χ4v) is 4.69. The summed E-state index contributed by atoms with van der Waals surface area (Å²) in [4.78, 5) is 41.1. The van der Waals surface area contributed by atoms with Crippen LogP contribution in [0.2, 0.25) is 0 Å². The first kappa shape index (κ1) is 18.4. The van der Waals surface area contributed by atoms with Crippen molar-refractivity contribution < 1.29 is 19.1 Å². The molecule has 2 aliphatic heterocycles. The fourth-order valence-electron chi connectivity index (χ4n) is 4.69. The third-order valence-corrected chi connectivity index (χ3v) is 5.89. The Balaban J connectivity index is 1.83. The van der Waals surface area contributed by atoms with E-state index in [9.17, 15) is 14.4 Å². The molecule has 2 aromatic rings. The molecule has 30 heavy (non-hydrogen) atoms. The quantitative estimate of drug-likeness (QED) is 0.799. The predicted octanol–water partition coefficient (Wildman–Crippen LogP) is 3.48. The molecule has 0 bridgehead atoms. The summed E-state index contributed by atoms with van der Waals surface area (Å²) in [7, 11) is 0. The van der Waals surface area contributed by atoms with Crippen LogP contribution in [0.25, 0.3) is 5.70 Å². The van der Waals surface area contributed by atoms with Gasteiger partial charge in [-0.3, -0.25) is 9.59 Å². The number of hydrogen-bond acceptors (Lipinski definition) is 5. The number of nitrogens with one attached hydrogen (secondary N) is 1. The number of esters is 1. The zero-order valence-corrected chi connectivity index (χ0v) is 16.7. The second-order valence-electron chi connectivity index (χ2n) is 7.52. The molecule has 0 saturated carbocycles. The average Bonchev–Trinajstić information content (AvgIpc) is 2.94. The highest BCUT2D eigenvalue weighted by Gasteiger charge is 2.47. The summed E-state index contributed by atoms with van der Waals surface area (Å²) >= 11 is 0. The summed E-state index contributed by atoms with van der Waals surface area (Å²) in [6.45, 7) is 3.81. The van der Waals surface area contributed by atoms with Gasteiger partial charge in [0.1, 0.15) is 6.54 Å². The molecule has 0 aromatic heterocycles. The van der Waals surface area contributed by atoms with Crippen LogP contribution in [0.5, 0.6) is 0 Å². The first-order valence-corrected chi connectivity index (χ1v) is 9.95. The first-order chi connectivity index (χ1) is 14.5. The molecule has 1 atom stereocenters. The molecule has 150 valence electrons. The topological polar surface area (TPSA) is 75.7 Å². The molecule has 6 nitrogen and oxygen atoms in total. The number of nitrogens with zero attached hydrogens (tertiary/aromatic N) is 1. The lowest BCUT2D eigenvalue weighted by Gasteiger charge is -2.36. The Morgan fingerprint density at radius 2 is 1.90 bits per heavy atom. The van der Waals surface area contributed by atoms with Crippen LogP contribution in [0.4, 0.5) is 5.69 Å². The van der Waals surface area contributed by atoms with Gasteiger partial charge in [-0.05, 0) is 25.5 Å². The number of rotatable bonds is 3. The SMILES string of the molecule is CCOC(=O)C1=C(C)N2CC(=O)Nc3cccc4c3C2=C(C4=O)C1c1ccccc1. The zero-order chi connectivity index (χ0) is 21.0. The Hall–Kier alpha value is -3.67. The second kappa shape index (κ2) is 6.69. The van der Waals surface area contributed by atoms with Gasteiger partial charge in [0.05, 0.1) is 23.6 Å². The highest BCUT2D eigenvalue weighted by molar-refractivity contribution is 6.25. The molecule has 2 heterocycles.